The number of aromatic nitrogens is 3. The molecule has 0 atom stereocenters. The van der Waals surface area contributed by atoms with E-state index in [4.69, 9.17) is 4.74 Å². The summed E-state index contributed by atoms with van der Waals surface area (Å²) in [5.41, 5.74) is 2.91. The standard InChI is InChI=1S/C23H24N4O4S/c1-14(2)32(29,30)13-19-10-20(18-8-16(4)22(28)27(5)12-18)26-23(25-19)31-21-9-17(11-24)7-6-15(21)3/h6-10,12,14H,13H2,1-5H3. The largest absolute Gasteiger partial charge is 0.424 e. The van der Waals surface area contributed by atoms with Crippen LogP contribution in [0.15, 0.2) is 41.3 Å². The zero-order chi connectivity index (χ0) is 23.6. The summed E-state index contributed by atoms with van der Waals surface area (Å²) >= 11 is 0. The van der Waals surface area contributed by atoms with Crippen molar-refractivity contribution < 1.29 is 13.2 Å². The van der Waals surface area contributed by atoms with Gasteiger partial charge in [0.1, 0.15) is 5.75 Å². The van der Waals surface area contributed by atoms with Gasteiger partial charge in [0.25, 0.3) is 5.56 Å². The Kier molecular flexibility index (Phi) is 6.46. The molecule has 0 fully saturated rings. The van der Waals surface area contributed by atoms with Crippen LogP contribution in [0.5, 0.6) is 11.8 Å². The molecule has 0 unspecified atom stereocenters. The van der Waals surface area contributed by atoms with Gasteiger partial charge in [0.15, 0.2) is 9.84 Å². The maximum absolute atomic E-state index is 12.5. The summed E-state index contributed by atoms with van der Waals surface area (Å²) in [4.78, 5) is 20.9. The van der Waals surface area contributed by atoms with E-state index in [0.29, 0.717) is 28.1 Å². The minimum atomic E-state index is -3.43. The SMILES string of the molecule is Cc1ccc(C#N)cc1Oc1nc(CS(=O)(=O)C(C)C)cc(-c2cc(C)c(=O)n(C)c2)n1. The van der Waals surface area contributed by atoms with E-state index in [1.54, 1.807) is 64.3 Å². The van der Waals surface area contributed by atoms with Gasteiger partial charge in [-0.15, -0.1) is 0 Å². The molecule has 8 nitrogen and oxygen atoms in total. The summed E-state index contributed by atoms with van der Waals surface area (Å²) in [7, 11) is -1.79. The molecule has 0 bridgehead atoms. The molecule has 3 aromatic rings. The van der Waals surface area contributed by atoms with Gasteiger partial charge in [-0.05, 0) is 57.5 Å². The maximum atomic E-state index is 12.5. The first-order chi connectivity index (χ1) is 15.0. The Hall–Kier alpha value is -3.51. The average Bonchev–Trinajstić information content (AvgIpc) is 2.72. The Morgan fingerprint density at radius 1 is 1.12 bits per heavy atom. The number of pyridine rings is 1. The van der Waals surface area contributed by atoms with Crippen molar-refractivity contribution in [1.82, 2.24) is 14.5 Å². The van der Waals surface area contributed by atoms with Gasteiger partial charge in [-0.3, -0.25) is 4.79 Å². The number of ether oxygens (including phenoxy) is 1. The second-order valence-electron chi connectivity index (χ2n) is 7.91. The van der Waals surface area contributed by atoms with Gasteiger partial charge in [-0.1, -0.05) is 6.07 Å². The second-order valence-corrected chi connectivity index (χ2v) is 10.5. The Morgan fingerprint density at radius 3 is 2.47 bits per heavy atom. The van der Waals surface area contributed by atoms with Gasteiger partial charge < -0.3 is 9.30 Å². The van der Waals surface area contributed by atoms with Gasteiger partial charge in [0.05, 0.1) is 34.0 Å². The number of hydrogen-bond donors (Lipinski definition) is 0. The molecule has 0 spiro atoms. The molecule has 3 rings (SSSR count). The van der Waals surface area contributed by atoms with Crippen molar-refractivity contribution in [2.75, 3.05) is 0 Å². The van der Waals surface area contributed by atoms with E-state index in [2.05, 4.69) is 16.0 Å². The van der Waals surface area contributed by atoms with Crippen LogP contribution in [0.3, 0.4) is 0 Å². The summed E-state index contributed by atoms with van der Waals surface area (Å²) in [6.07, 6.45) is 1.63. The molecule has 0 aliphatic rings. The predicted molar refractivity (Wildman–Crippen MR) is 121 cm³/mol. The highest BCUT2D eigenvalue weighted by Crippen LogP contribution is 2.27. The first-order valence-corrected chi connectivity index (χ1v) is 11.7. The average molecular weight is 453 g/mol. The van der Waals surface area contributed by atoms with Crippen molar-refractivity contribution in [3.63, 3.8) is 0 Å². The van der Waals surface area contributed by atoms with E-state index < -0.39 is 15.1 Å². The summed E-state index contributed by atoms with van der Waals surface area (Å²) in [6, 6.07) is 10.3. The van der Waals surface area contributed by atoms with Gasteiger partial charge in [-0.25, -0.2) is 8.42 Å². The molecule has 166 valence electrons. The van der Waals surface area contributed by atoms with Crippen molar-refractivity contribution in [3.8, 4) is 29.1 Å². The van der Waals surface area contributed by atoms with Crippen LogP contribution in [0.25, 0.3) is 11.3 Å². The van der Waals surface area contributed by atoms with E-state index in [9.17, 15) is 18.5 Å². The van der Waals surface area contributed by atoms with Crippen LogP contribution < -0.4 is 10.3 Å². The van der Waals surface area contributed by atoms with Crippen LogP contribution in [-0.2, 0) is 22.6 Å². The third-order valence-electron chi connectivity index (χ3n) is 5.00. The third-order valence-corrected chi connectivity index (χ3v) is 7.14. The quantitative estimate of drug-likeness (QED) is 0.562. The molecule has 0 saturated carbocycles. The van der Waals surface area contributed by atoms with Crippen molar-refractivity contribution in [2.24, 2.45) is 7.05 Å². The highest BCUT2D eigenvalue weighted by Gasteiger charge is 2.20. The van der Waals surface area contributed by atoms with Crippen LogP contribution >= 0.6 is 0 Å². The minimum absolute atomic E-state index is 0.0406. The monoisotopic (exact) mass is 452 g/mol. The Labute approximate surface area is 187 Å². The fraction of sp³-hybridized carbons (Fsp3) is 0.304. The highest BCUT2D eigenvalue weighted by molar-refractivity contribution is 7.91. The van der Waals surface area contributed by atoms with E-state index in [1.807, 2.05) is 6.92 Å². The summed E-state index contributed by atoms with van der Waals surface area (Å²) in [5.74, 6) is 0.119. The molecule has 2 aromatic heterocycles. The van der Waals surface area contributed by atoms with Crippen molar-refractivity contribution in [1.29, 1.82) is 5.26 Å². The summed E-state index contributed by atoms with van der Waals surface area (Å²) in [6.45, 7) is 6.75. The molecule has 0 aliphatic heterocycles. The van der Waals surface area contributed by atoms with Crippen molar-refractivity contribution in [2.45, 2.75) is 38.7 Å². The number of rotatable bonds is 6. The number of nitrogens with zero attached hydrogens (tertiary/aromatic N) is 4. The van der Waals surface area contributed by atoms with Crippen molar-refractivity contribution in [3.05, 3.63) is 69.3 Å². The summed E-state index contributed by atoms with van der Waals surface area (Å²) in [5, 5.41) is 8.61. The molecule has 0 radical (unpaired) electrons. The molecule has 0 saturated heterocycles. The van der Waals surface area contributed by atoms with Crippen molar-refractivity contribution >= 4 is 9.84 Å². The Morgan fingerprint density at radius 2 is 1.84 bits per heavy atom. The third kappa shape index (κ3) is 5.03. The first kappa shape index (κ1) is 23.2. The molecule has 32 heavy (non-hydrogen) atoms. The second kappa shape index (κ2) is 8.93. The smallest absolute Gasteiger partial charge is 0.322 e. The zero-order valence-corrected chi connectivity index (χ0v) is 19.4. The van der Waals surface area contributed by atoms with Gasteiger partial charge >= 0.3 is 6.01 Å². The molecular weight excluding hydrogens is 428 g/mol. The van der Waals surface area contributed by atoms with E-state index >= 15 is 0 Å². The lowest BCUT2D eigenvalue weighted by Crippen LogP contribution is -2.19. The normalized spacial score (nSPS) is 11.4. The van der Waals surface area contributed by atoms with Gasteiger partial charge in [-0.2, -0.15) is 15.2 Å². The lowest BCUT2D eigenvalue weighted by molar-refractivity contribution is 0.437. The van der Waals surface area contributed by atoms with Gasteiger partial charge in [0.2, 0.25) is 0 Å². The lowest BCUT2D eigenvalue weighted by atomic mass is 10.1. The highest BCUT2D eigenvalue weighted by atomic mass is 32.2. The van der Waals surface area contributed by atoms with Crippen LogP contribution in [0.4, 0.5) is 0 Å². The van der Waals surface area contributed by atoms with E-state index in [0.717, 1.165) is 5.56 Å². The van der Waals surface area contributed by atoms with Crippen LogP contribution in [-0.4, -0.2) is 28.2 Å². The van der Waals surface area contributed by atoms with Gasteiger partial charge in [0, 0.05) is 24.4 Å². The minimum Gasteiger partial charge on any atom is -0.424 e. The topological polar surface area (TPSA) is 115 Å². The van der Waals surface area contributed by atoms with Crippen LogP contribution in [0, 0.1) is 25.2 Å². The molecular formula is C23H24N4O4S. The summed E-state index contributed by atoms with van der Waals surface area (Å²) < 4.78 is 32.4. The zero-order valence-electron chi connectivity index (χ0n) is 18.6. The van der Waals surface area contributed by atoms with E-state index in [-0.39, 0.29) is 23.0 Å². The fourth-order valence-corrected chi connectivity index (χ4v) is 3.90. The molecule has 1 aromatic carbocycles. The van der Waals surface area contributed by atoms with Crippen LogP contribution in [0.2, 0.25) is 0 Å². The Balaban J connectivity index is 2.15. The first-order valence-electron chi connectivity index (χ1n) is 9.96. The molecule has 9 heteroatoms. The predicted octanol–water partition coefficient (Wildman–Crippen LogP) is 3.45. The van der Waals surface area contributed by atoms with E-state index in [1.165, 1.54) is 4.57 Å². The molecule has 2 heterocycles. The number of hydrogen-bond acceptors (Lipinski definition) is 7. The fourth-order valence-electron chi connectivity index (χ4n) is 3.01. The number of sulfone groups is 1. The molecule has 0 aliphatic carbocycles. The number of aryl methyl sites for hydroxylation is 3. The van der Waals surface area contributed by atoms with Crippen LogP contribution in [0.1, 0.15) is 36.2 Å². The molecule has 0 N–H and O–H groups in total. The lowest BCUT2D eigenvalue weighted by Gasteiger charge is -2.13. The number of benzene rings is 1. The Bertz CT molecular complexity index is 1360. The number of nitriles is 1. The molecule has 0 amide bonds. The maximum Gasteiger partial charge on any atom is 0.322 e.